The van der Waals surface area contributed by atoms with Crippen LogP contribution in [-0.4, -0.2) is 27.8 Å². The van der Waals surface area contributed by atoms with Crippen molar-refractivity contribution in [3.63, 3.8) is 0 Å². The molecule has 0 aliphatic heterocycles. The van der Waals surface area contributed by atoms with E-state index in [-0.39, 0.29) is 5.82 Å². The number of nitrogens with zero attached hydrogens (tertiary/aromatic N) is 2. The summed E-state index contributed by atoms with van der Waals surface area (Å²) in [6, 6.07) is 7.76. The van der Waals surface area contributed by atoms with Gasteiger partial charge in [-0.25, -0.2) is 9.78 Å². The highest BCUT2D eigenvalue weighted by atomic mass is 16.5. The van der Waals surface area contributed by atoms with Crippen molar-refractivity contribution < 1.29 is 9.53 Å². The topological polar surface area (TPSA) is 67.9 Å². The molecule has 1 heterocycles. The summed E-state index contributed by atoms with van der Waals surface area (Å²) >= 11 is 0. The molecular weight excluding hydrogens is 218 g/mol. The highest BCUT2D eigenvalue weighted by Gasteiger charge is 2.13. The van der Waals surface area contributed by atoms with Crippen molar-refractivity contribution in [2.24, 2.45) is 0 Å². The molecule has 0 aliphatic carbocycles. The summed E-state index contributed by atoms with van der Waals surface area (Å²) in [7, 11) is 0. The highest BCUT2D eigenvalue weighted by molar-refractivity contribution is 5.85. The molecule has 2 rings (SSSR count). The van der Waals surface area contributed by atoms with Gasteiger partial charge in [-0.1, -0.05) is 23.8 Å². The Morgan fingerprint density at radius 3 is 3.00 bits per heavy atom. The van der Waals surface area contributed by atoms with E-state index in [1.807, 2.05) is 31.2 Å². The van der Waals surface area contributed by atoms with E-state index in [2.05, 4.69) is 15.2 Å². The third-order valence-electron chi connectivity index (χ3n) is 2.23. The number of nitrogens with one attached hydrogen (secondary N) is 1. The molecular formula is C12H13N3O2. The van der Waals surface area contributed by atoms with Crippen LogP contribution in [-0.2, 0) is 4.74 Å². The molecule has 0 radical (unpaired) electrons. The number of benzene rings is 1. The Morgan fingerprint density at radius 2 is 2.29 bits per heavy atom. The third kappa shape index (κ3) is 2.50. The van der Waals surface area contributed by atoms with Gasteiger partial charge in [-0.3, -0.25) is 5.10 Å². The van der Waals surface area contributed by atoms with Gasteiger partial charge in [0.1, 0.15) is 0 Å². The smallest absolute Gasteiger partial charge is 0.375 e. The van der Waals surface area contributed by atoms with E-state index in [0.29, 0.717) is 12.4 Å². The lowest BCUT2D eigenvalue weighted by Gasteiger charge is -1.96. The van der Waals surface area contributed by atoms with Gasteiger partial charge in [0.05, 0.1) is 6.61 Å². The number of aromatic amines is 1. The fraction of sp³-hybridized carbons (Fsp3) is 0.250. The first-order valence-electron chi connectivity index (χ1n) is 5.37. The Hall–Kier alpha value is -2.17. The molecule has 1 aromatic heterocycles. The van der Waals surface area contributed by atoms with E-state index < -0.39 is 5.97 Å². The molecule has 2 aromatic rings. The van der Waals surface area contributed by atoms with E-state index in [1.54, 1.807) is 6.92 Å². The highest BCUT2D eigenvalue weighted by Crippen LogP contribution is 2.15. The second-order valence-electron chi connectivity index (χ2n) is 3.60. The summed E-state index contributed by atoms with van der Waals surface area (Å²) in [5.41, 5.74) is 1.99. The fourth-order valence-corrected chi connectivity index (χ4v) is 1.47. The zero-order chi connectivity index (χ0) is 12.3. The normalized spacial score (nSPS) is 10.2. The SMILES string of the molecule is CCOC(=O)c1nc(-c2cccc(C)c2)n[nH]1. The van der Waals surface area contributed by atoms with Crippen LogP contribution < -0.4 is 0 Å². The molecule has 5 nitrogen and oxygen atoms in total. The maximum atomic E-state index is 11.4. The van der Waals surface area contributed by atoms with Crippen LogP contribution in [0.2, 0.25) is 0 Å². The number of carbonyl (C=O) groups excluding carboxylic acids is 1. The van der Waals surface area contributed by atoms with Crippen LogP contribution in [0.3, 0.4) is 0 Å². The lowest BCUT2D eigenvalue weighted by atomic mass is 10.1. The molecule has 1 N–H and O–H groups in total. The predicted molar refractivity (Wildman–Crippen MR) is 62.5 cm³/mol. The van der Waals surface area contributed by atoms with Gasteiger partial charge in [-0.05, 0) is 19.9 Å². The van der Waals surface area contributed by atoms with E-state index in [9.17, 15) is 4.79 Å². The third-order valence-corrected chi connectivity index (χ3v) is 2.23. The predicted octanol–water partition coefficient (Wildman–Crippen LogP) is 1.96. The van der Waals surface area contributed by atoms with Crippen LogP contribution in [0.4, 0.5) is 0 Å². The van der Waals surface area contributed by atoms with Crippen LogP contribution in [0.15, 0.2) is 24.3 Å². The molecule has 0 bridgehead atoms. The number of esters is 1. The van der Waals surface area contributed by atoms with Crippen LogP contribution in [0, 0.1) is 6.92 Å². The van der Waals surface area contributed by atoms with Crippen molar-refractivity contribution in [2.75, 3.05) is 6.61 Å². The average molecular weight is 231 g/mol. The second kappa shape index (κ2) is 4.78. The van der Waals surface area contributed by atoms with Crippen LogP contribution in [0.1, 0.15) is 23.1 Å². The van der Waals surface area contributed by atoms with Crippen molar-refractivity contribution in [2.45, 2.75) is 13.8 Å². The summed E-state index contributed by atoms with van der Waals surface area (Å²) in [4.78, 5) is 15.5. The first-order chi connectivity index (χ1) is 8.20. The number of carbonyl (C=O) groups is 1. The Labute approximate surface area is 98.8 Å². The number of aromatic nitrogens is 3. The number of hydrogen-bond donors (Lipinski definition) is 1. The molecule has 0 spiro atoms. The Morgan fingerprint density at radius 1 is 1.47 bits per heavy atom. The van der Waals surface area contributed by atoms with Gasteiger partial charge in [0.15, 0.2) is 5.82 Å². The largest absolute Gasteiger partial charge is 0.460 e. The number of aryl methyl sites for hydroxylation is 1. The number of H-pyrrole nitrogens is 1. The average Bonchev–Trinajstić information content (AvgIpc) is 2.78. The van der Waals surface area contributed by atoms with Gasteiger partial charge in [0, 0.05) is 5.56 Å². The van der Waals surface area contributed by atoms with Crippen molar-refractivity contribution in [1.29, 1.82) is 0 Å². The Kier molecular flexibility index (Phi) is 3.18. The zero-order valence-corrected chi connectivity index (χ0v) is 9.73. The summed E-state index contributed by atoms with van der Waals surface area (Å²) in [6.07, 6.45) is 0. The van der Waals surface area contributed by atoms with Crippen molar-refractivity contribution in [3.05, 3.63) is 35.7 Å². The maximum absolute atomic E-state index is 11.4. The molecule has 5 heteroatoms. The van der Waals surface area contributed by atoms with Crippen LogP contribution in [0.5, 0.6) is 0 Å². The quantitative estimate of drug-likeness (QED) is 0.820. The molecule has 0 amide bonds. The Bertz CT molecular complexity index is 534. The van der Waals surface area contributed by atoms with E-state index >= 15 is 0 Å². The van der Waals surface area contributed by atoms with Crippen molar-refractivity contribution in [1.82, 2.24) is 15.2 Å². The number of ether oxygens (including phenoxy) is 1. The lowest BCUT2D eigenvalue weighted by molar-refractivity contribution is 0.0512. The van der Waals surface area contributed by atoms with Crippen LogP contribution >= 0.6 is 0 Å². The Balaban J connectivity index is 2.27. The van der Waals surface area contributed by atoms with E-state index in [0.717, 1.165) is 11.1 Å². The minimum absolute atomic E-state index is 0.128. The van der Waals surface area contributed by atoms with Gasteiger partial charge >= 0.3 is 5.97 Å². The second-order valence-corrected chi connectivity index (χ2v) is 3.60. The molecule has 0 atom stereocenters. The number of hydrogen-bond acceptors (Lipinski definition) is 4. The first kappa shape index (κ1) is 11.3. The van der Waals surface area contributed by atoms with Crippen molar-refractivity contribution >= 4 is 5.97 Å². The van der Waals surface area contributed by atoms with Gasteiger partial charge in [0.2, 0.25) is 5.82 Å². The van der Waals surface area contributed by atoms with E-state index in [1.165, 1.54) is 0 Å². The molecule has 1 aromatic carbocycles. The molecule has 0 aliphatic rings. The maximum Gasteiger partial charge on any atom is 0.375 e. The molecule has 0 unspecified atom stereocenters. The molecule has 0 saturated carbocycles. The van der Waals surface area contributed by atoms with Gasteiger partial charge < -0.3 is 4.74 Å². The summed E-state index contributed by atoms with van der Waals surface area (Å²) in [5.74, 6) is 0.138. The van der Waals surface area contributed by atoms with Crippen molar-refractivity contribution in [3.8, 4) is 11.4 Å². The van der Waals surface area contributed by atoms with Gasteiger partial charge in [0.25, 0.3) is 0 Å². The standard InChI is InChI=1S/C12H13N3O2/c1-3-17-12(16)11-13-10(14-15-11)9-6-4-5-8(2)7-9/h4-7H,3H2,1-2H3,(H,13,14,15). The molecule has 0 fully saturated rings. The molecule has 0 saturated heterocycles. The fourth-order valence-electron chi connectivity index (χ4n) is 1.47. The molecule has 17 heavy (non-hydrogen) atoms. The van der Waals surface area contributed by atoms with Crippen LogP contribution in [0.25, 0.3) is 11.4 Å². The summed E-state index contributed by atoms with van der Waals surface area (Å²) in [6.45, 7) is 4.05. The lowest BCUT2D eigenvalue weighted by Crippen LogP contribution is -2.06. The van der Waals surface area contributed by atoms with Gasteiger partial charge in [-0.2, -0.15) is 5.10 Å². The molecule has 88 valence electrons. The minimum Gasteiger partial charge on any atom is -0.460 e. The summed E-state index contributed by atoms with van der Waals surface area (Å²) in [5, 5.41) is 6.57. The summed E-state index contributed by atoms with van der Waals surface area (Å²) < 4.78 is 4.83. The van der Waals surface area contributed by atoms with E-state index in [4.69, 9.17) is 4.74 Å². The number of rotatable bonds is 3. The zero-order valence-electron chi connectivity index (χ0n) is 9.73. The minimum atomic E-state index is -0.487. The van der Waals surface area contributed by atoms with Gasteiger partial charge in [-0.15, -0.1) is 0 Å². The first-order valence-corrected chi connectivity index (χ1v) is 5.37. The monoisotopic (exact) mass is 231 g/mol.